The van der Waals surface area contributed by atoms with Crippen molar-refractivity contribution in [1.82, 2.24) is 0 Å². The zero-order chi connectivity index (χ0) is 23.2. The Balaban J connectivity index is 1.68. The Labute approximate surface area is 194 Å². The molecule has 1 fully saturated rings. The summed E-state index contributed by atoms with van der Waals surface area (Å²) in [5.41, 5.74) is 1.19. The van der Waals surface area contributed by atoms with Gasteiger partial charge in [0.05, 0.1) is 40.4 Å². The van der Waals surface area contributed by atoms with Gasteiger partial charge in [-0.3, -0.25) is 25.2 Å². The topological polar surface area (TPSA) is 111 Å². The third kappa shape index (κ3) is 5.54. The van der Waals surface area contributed by atoms with Crippen molar-refractivity contribution in [3.05, 3.63) is 92.5 Å². The van der Waals surface area contributed by atoms with E-state index in [-0.39, 0.29) is 16.9 Å². The summed E-state index contributed by atoms with van der Waals surface area (Å²) < 4.78 is 5.38. The molecule has 0 N–H and O–H groups in total. The van der Waals surface area contributed by atoms with Gasteiger partial charge in [0.25, 0.3) is 11.4 Å². The molecule has 0 amide bonds. The van der Waals surface area contributed by atoms with E-state index in [1.807, 2.05) is 54.6 Å². The standard InChI is InChI=1S/C23H20N4O5S/c28-26(29)19-14-22(27(30)31)21(23(15-19)33-20-4-2-1-3-5-20)16-24-17-6-8-18(9-7-17)25-10-12-32-13-11-25/h1-9,14-16H,10-13H2. The SMILES string of the molecule is O=[N+]([O-])c1cc(Sc2ccccc2)c(C=Nc2ccc(N3CCOCC3)cc2)c([N+](=O)[O-])c1. The minimum absolute atomic E-state index is 0.219. The number of aliphatic imine (C=N–C) groups is 1. The second-order valence-electron chi connectivity index (χ2n) is 7.18. The van der Waals surface area contributed by atoms with Gasteiger partial charge in [-0.05, 0) is 36.4 Å². The molecule has 0 unspecified atom stereocenters. The summed E-state index contributed by atoms with van der Waals surface area (Å²) in [5.74, 6) is 0. The quantitative estimate of drug-likeness (QED) is 0.267. The van der Waals surface area contributed by atoms with Gasteiger partial charge in [0.15, 0.2) is 0 Å². The van der Waals surface area contributed by atoms with Crippen molar-refractivity contribution in [3.63, 3.8) is 0 Å². The molecule has 0 spiro atoms. The molecular weight excluding hydrogens is 444 g/mol. The molecule has 4 rings (SSSR count). The van der Waals surface area contributed by atoms with Gasteiger partial charge in [0.2, 0.25) is 0 Å². The number of nitro benzene ring substituents is 2. The molecule has 1 heterocycles. The zero-order valence-corrected chi connectivity index (χ0v) is 18.3. The van der Waals surface area contributed by atoms with E-state index in [4.69, 9.17) is 4.74 Å². The van der Waals surface area contributed by atoms with E-state index < -0.39 is 9.85 Å². The van der Waals surface area contributed by atoms with Gasteiger partial charge in [-0.1, -0.05) is 30.0 Å². The average molecular weight is 465 g/mol. The highest BCUT2D eigenvalue weighted by Gasteiger charge is 2.24. The van der Waals surface area contributed by atoms with E-state index in [1.165, 1.54) is 24.0 Å². The van der Waals surface area contributed by atoms with Crippen LogP contribution in [0.15, 0.2) is 81.5 Å². The van der Waals surface area contributed by atoms with Crippen molar-refractivity contribution in [1.29, 1.82) is 0 Å². The van der Waals surface area contributed by atoms with Crippen molar-refractivity contribution >= 4 is 40.7 Å². The summed E-state index contributed by atoms with van der Waals surface area (Å²) in [5, 5.41) is 23.1. The molecule has 0 bridgehead atoms. The predicted molar refractivity (Wildman–Crippen MR) is 127 cm³/mol. The molecule has 0 radical (unpaired) electrons. The Morgan fingerprint density at radius 2 is 1.64 bits per heavy atom. The number of ether oxygens (including phenoxy) is 1. The first kappa shape index (κ1) is 22.4. The Morgan fingerprint density at radius 3 is 2.27 bits per heavy atom. The van der Waals surface area contributed by atoms with Gasteiger partial charge in [-0.2, -0.15) is 0 Å². The first-order valence-corrected chi connectivity index (χ1v) is 11.0. The highest BCUT2D eigenvalue weighted by molar-refractivity contribution is 7.99. The lowest BCUT2D eigenvalue weighted by Crippen LogP contribution is -2.36. The van der Waals surface area contributed by atoms with Crippen LogP contribution in [0.5, 0.6) is 0 Å². The van der Waals surface area contributed by atoms with Crippen LogP contribution in [0, 0.1) is 20.2 Å². The first-order chi connectivity index (χ1) is 16.0. The van der Waals surface area contributed by atoms with Crippen LogP contribution >= 0.6 is 11.8 Å². The normalized spacial score (nSPS) is 13.9. The molecule has 33 heavy (non-hydrogen) atoms. The minimum Gasteiger partial charge on any atom is -0.378 e. The van der Waals surface area contributed by atoms with E-state index in [9.17, 15) is 20.2 Å². The van der Waals surface area contributed by atoms with Crippen molar-refractivity contribution in [2.45, 2.75) is 9.79 Å². The third-order valence-corrected chi connectivity index (χ3v) is 6.12. The summed E-state index contributed by atoms with van der Waals surface area (Å²) in [6.07, 6.45) is 1.40. The highest BCUT2D eigenvalue weighted by Crippen LogP contribution is 2.37. The van der Waals surface area contributed by atoms with Crippen LogP contribution in [0.1, 0.15) is 5.56 Å². The molecule has 1 saturated heterocycles. The molecule has 10 heteroatoms. The summed E-state index contributed by atoms with van der Waals surface area (Å²) in [6.45, 7) is 3.01. The second-order valence-corrected chi connectivity index (χ2v) is 8.30. The fraction of sp³-hybridized carbons (Fsp3) is 0.174. The molecule has 9 nitrogen and oxygen atoms in total. The van der Waals surface area contributed by atoms with Gasteiger partial charge >= 0.3 is 0 Å². The van der Waals surface area contributed by atoms with Crippen LogP contribution in [-0.2, 0) is 4.74 Å². The molecule has 1 aliphatic heterocycles. The zero-order valence-electron chi connectivity index (χ0n) is 17.5. The number of nitrogens with zero attached hydrogens (tertiary/aromatic N) is 4. The molecule has 3 aromatic carbocycles. The summed E-state index contributed by atoms with van der Waals surface area (Å²) in [6, 6.07) is 19.1. The van der Waals surface area contributed by atoms with Crippen LogP contribution in [0.3, 0.4) is 0 Å². The molecule has 1 aliphatic rings. The predicted octanol–water partition coefficient (Wildman–Crippen LogP) is 5.24. The number of hydrogen-bond acceptors (Lipinski definition) is 8. The van der Waals surface area contributed by atoms with Crippen molar-refractivity contribution < 1.29 is 14.6 Å². The van der Waals surface area contributed by atoms with Crippen molar-refractivity contribution in [2.75, 3.05) is 31.2 Å². The minimum atomic E-state index is -0.632. The third-order valence-electron chi connectivity index (χ3n) is 5.05. The number of benzene rings is 3. The van der Waals surface area contributed by atoms with Gasteiger partial charge in [0, 0.05) is 40.8 Å². The van der Waals surface area contributed by atoms with Crippen LogP contribution in [0.4, 0.5) is 22.7 Å². The number of non-ortho nitro benzene ring substituents is 1. The molecule has 0 atom stereocenters. The average Bonchev–Trinajstić information content (AvgIpc) is 2.84. The Morgan fingerprint density at radius 1 is 0.939 bits per heavy atom. The van der Waals surface area contributed by atoms with E-state index in [2.05, 4.69) is 9.89 Å². The maximum absolute atomic E-state index is 11.7. The van der Waals surface area contributed by atoms with E-state index in [0.717, 1.165) is 29.7 Å². The lowest BCUT2D eigenvalue weighted by atomic mass is 10.1. The second kappa shape index (κ2) is 10.2. The number of rotatable bonds is 7. The molecule has 0 saturated carbocycles. The Kier molecular flexibility index (Phi) is 6.96. The maximum atomic E-state index is 11.7. The number of nitro groups is 2. The molecule has 3 aromatic rings. The van der Waals surface area contributed by atoms with Gasteiger partial charge in [-0.15, -0.1) is 0 Å². The van der Waals surface area contributed by atoms with E-state index in [0.29, 0.717) is 23.8 Å². The molecule has 0 aromatic heterocycles. The summed E-state index contributed by atoms with van der Waals surface area (Å²) in [7, 11) is 0. The van der Waals surface area contributed by atoms with Gasteiger partial charge < -0.3 is 9.64 Å². The fourth-order valence-electron chi connectivity index (χ4n) is 3.39. The number of anilines is 1. The largest absolute Gasteiger partial charge is 0.378 e. The molecule has 168 valence electrons. The Hall–Kier alpha value is -3.76. The first-order valence-electron chi connectivity index (χ1n) is 10.2. The number of hydrogen-bond donors (Lipinski definition) is 0. The maximum Gasteiger partial charge on any atom is 0.286 e. The molecular formula is C23H20N4O5S. The van der Waals surface area contributed by atoms with Crippen LogP contribution < -0.4 is 4.90 Å². The van der Waals surface area contributed by atoms with E-state index >= 15 is 0 Å². The number of morpholine rings is 1. The summed E-state index contributed by atoms with van der Waals surface area (Å²) in [4.78, 5) is 29.7. The molecule has 0 aliphatic carbocycles. The van der Waals surface area contributed by atoms with Crippen LogP contribution in [0.2, 0.25) is 0 Å². The van der Waals surface area contributed by atoms with Crippen LogP contribution in [-0.4, -0.2) is 42.4 Å². The monoisotopic (exact) mass is 464 g/mol. The van der Waals surface area contributed by atoms with Crippen molar-refractivity contribution in [3.8, 4) is 0 Å². The summed E-state index contributed by atoms with van der Waals surface area (Å²) >= 11 is 1.22. The highest BCUT2D eigenvalue weighted by atomic mass is 32.2. The lowest BCUT2D eigenvalue weighted by Gasteiger charge is -2.28. The Bertz CT molecular complexity index is 1180. The van der Waals surface area contributed by atoms with Crippen LogP contribution in [0.25, 0.3) is 0 Å². The smallest absolute Gasteiger partial charge is 0.286 e. The van der Waals surface area contributed by atoms with E-state index in [1.54, 1.807) is 0 Å². The van der Waals surface area contributed by atoms with Gasteiger partial charge in [0.1, 0.15) is 0 Å². The van der Waals surface area contributed by atoms with Crippen molar-refractivity contribution in [2.24, 2.45) is 4.99 Å². The lowest BCUT2D eigenvalue weighted by molar-refractivity contribution is -0.394. The van der Waals surface area contributed by atoms with Gasteiger partial charge in [-0.25, -0.2) is 0 Å². The fourth-order valence-corrected chi connectivity index (χ4v) is 4.39.